The van der Waals surface area contributed by atoms with Crippen LogP contribution in [0, 0.1) is 19.8 Å². The highest BCUT2D eigenvalue weighted by Gasteiger charge is 2.36. The highest BCUT2D eigenvalue weighted by atomic mass is 16.5. The Morgan fingerprint density at radius 2 is 1.74 bits per heavy atom. The van der Waals surface area contributed by atoms with Crippen LogP contribution in [-0.2, 0) is 19.1 Å². The van der Waals surface area contributed by atoms with Gasteiger partial charge < -0.3 is 19.5 Å². The van der Waals surface area contributed by atoms with E-state index in [9.17, 15) is 19.2 Å². The Morgan fingerprint density at radius 1 is 1.00 bits per heavy atom. The lowest BCUT2D eigenvalue weighted by Crippen LogP contribution is -2.43. The van der Waals surface area contributed by atoms with Gasteiger partial charge in [-0.1, -0.05) is 6.07 Å². The minimum atomic E-state index is -0.798. The molecule has 34 heavy (non-hydrogen) atoms. The van der Waals surface area contributed by atoms with Crippen molar-refractivity contribution in [2.45, 2.75) is 20.3 Å². The van der Waals surface area contributed by atoms with Crippen LogP contribution in [0.1, 0.15) is 27.9 Å². The molecule has 0 aromatic heterocycles. The monoisotopic (exact) mass is 469 g/mol. The van der Waals surface area contributed by atoms with Gasteiger partial charge in [0.25, 0.3) is 11.8 Å². The zero-order valence-corrected chi connectivity index (χ0v) is 19.5. The molecule has 2 N–H and O–H groups in total. The van der Waals surface area contributed by atoms with E-state index in [0.29, 0.717) is 17.2 Å². The van der Waals surface area contributed by atoms with E-state index in [1.807, 2.05) is 26.0 Å². The topological polar surface area (TPSA) is 123 Å². The Kier molecular flexibility index (Phi) is 7.72. The lowest BCUT2D eigenvalue weighted by atomic mass is 10.1. The summed E-state index contributed by atoms with van der Waals surface area (Å²) in [5.74, 6) is -2.13. The number of ether oxygens (including phenoxy) is 3. The van der Waals surface area contributed by atoms with Gasteiger partial charge in [-0.05, 0) is 55.3 Å². The van der Waals surface area contributed by atoms with E-state index in [2.05, 4.69) is 10.7 Å². The van der Waals surface area contributed by atoms with Gasteiger partial charge in [-0.15, -0.1) is 0 Å². The molecule has 10 heteroatoms. The summed E-state index contributed by atoms with van der Waals surface area (Å²) >= 11 is 0. The summed E-state index contributed by atoms with van der Waals surface area (Å²) in [4.78, 5) is 49.3. The zero-order chi connectivity index (χ0) is 24.8. The molecule has 1 atom stereocenters. The number of anilines is 1. The molecule has 1 aliphatic heterocycles. The fourth-order valence-corrected chi connectivity index (χ4v) is 3.41. The number of aryl methyl sites for hydroxylation is 2. The molecule has 10 nitrogen and oxygen atoms in total. The van der Waals surface area contributed by atoms with E-state index >= 15 is 0 Å². The largest absolute Gasteiger partial charge is 0.493 e. The molecule has 0 bridgehead atoms. The molecule has 0 saturated carbocycles. The van der Waals surface area contributed by atoms with Crippen LogP contribution >= 0.6 is 0 Å². The van der Waals surface area contributed by atoms with Crippen molar-refractivity contribution in [2.75, 3.05) is 32.7 Å². The second-order valence-corrected chi connectivity index (χ2v) is 7.87. The van der Waals surface area contributed by atoms with Gasteiger partial charge in [0.15, 0.2) is 18.1 Å². The summed E-state index contributed by atoms with van der Waals surface area (Å²) in [5.41, 5.74) is 5.46. The Balaban J connectivity index is 1.51. The van der Waals surface area contributed by atoms with E-state index in [1.54, 1.807) is 12.1 Å². The molecule has 180 valence electrons. The molecule has 0 radical (unpaired) electrons. The van der Waals surface area contributed by atoms with E-state index in [4.69, 9.17) is 14.2 Å². The number of amides is 3. The molecule has 0 spiro atoms. The molecule has 3 amide bonds. The SMILES string of the molecule is COc1ccc(C(=O)NN2C[C@@H](C(=O)OCC(=O)Nc3ccc(C)c(C)c3)CC2=O)cc1OC. The van der Waals surface area contributed by atoms with E-state index in [1.165, 1.54) is 26.4 Å². The molecule has 1 fully saturated rings. The van der Waals surface area contributed by atoms with Crippen molar-refractivity contribution in [2.24, 2.45) is 5.92 Å². The average Bonchev–Trinajstić information content (AvgIpc) is 3.19. The third-order valence-corrected chi connectivity index (χ3v) is 5.48. The van der Waals surface area contributed by atoms with Crippen LogP contribution < -0.4 is 20.2 Å². The van der Waals surface area contributed by atoms with Crippen molar-refractivity contribution in [1.29, 1.82) is 0 Å². The fraction of sp³-hybridized carbons (Fsp3) is 0.333. The smallest absolute Gasteiger partial charge is 0.311 e. The highest BCUT2D eigenvalue weighted by Crippen LogP contribution is 2.27. The predicted molar refractivity (Wildman–Crippen MR) is 122 cm³/mol. The van der Waals surface area contributed by atoms with Gasteiger partial charge in [-0.25, -0.2) is 0 Å². The number of hydrogen-bond donors (Lipinski definition) is 2. The van der Waals surface area contributed by atoms with Gasteiger partial charge >= 0.3 is 5.97 Å². The van der Waals surface area contributed by atoms with Crippen molar-refractivity contribution in [3.8, 4) is 11.5 Å². The number of methoxy groups -OCH3 is 2. The Hall–Kier alpha value is -4.08. The van der Waals surface area contributed by atoms with Crippen LogP contribution in [-0.4, -0.2) is 56.1 Å². The number of rotatable bonds is 8. The molecule has 1 heterocycles. The minimum absolute atomic E-state index is 0.0600. The molecule has 2 aromatic carbocycles. The first-order valence-electron chi connectivity index (χ1n) is 10.6. The van der Waals surface area contributed by atoms with Crippen molar-refractivity contribution < 1.29 is 33.4 Å². The van der Waals surface area contributed by atoms with Gasteiger partial charge in [-0.2, -0.15) is 0 Å². The molecule has 1 aliphatic rings. The van der Waals surface area contributed by atoms with Crippen LogP contribution in [0.5, 0.6) is 11.5 Å². The number of carbonyl (C=O) groups excluding carboxylic acids is 4. The summed E-state index contributed by atoms with van der Waals surface area (Å²) in [7, 11) is 2.93. The predicted octanol–water partition coefficient (Wildman–Crippen LogP) is 2.00. The zero-order valence-electron chi connectivity index (χ0n) is 19.5. The van der Waals surface area contributed by atoms with Crippen molar-refractivity contribution in [3.05, 3.63) is 53.1 Å². The molecule has 1 saturated heterocycles. The fourth-order valence-electron chi connectivity index (χ4n) is 3.41. The third kappa shape index (κ3) is 5.83. The van der Waals surface area contributed by atoms with Gasteiger partial charge in [0.1, 0.15) is 0 Å². The Bertz CT molecular complexity index is 1120. The van der Waals surface area contributed by atoms with Gasteiger partial charge in [0.05, 0.1) is 26.7 Å². The van der Waals surface area contributed by atoms with E-state index in [-0.39, 0.29) is 18.5 Å². The normalized spacial score (nSPS) is 15.0. The molecule has 2 aromatic rings. The van der Waals surface area contributed by atoms with Crippen molar-refractivity contribution >= 4 is 29.4 Å². The third-order valence-electron chi connectivity index (χ3n) is 5.48. The van der Waals surface area contributed by atoms with Crippen molar-refractivity contribution in [1.82, 2.24) is 10.4 Å². The number of nitrogens with one attached hydrogen (secondary N) is 2. The summed E-state index contributed by atoms with van der Waals surface area (Å²) in [6.07, 6.45) is -0.135. The first-order chi connectivity index (χ1) is 16.2. The Labute approximate surface area is 197 Å². The number of esters is 1. The van der Waals surface area contributed by atoms with Crippen molar-refractivity contribution in [3.63, 3.8) is 0 Å². The first kappa shape index (κ1) is 24.6. The number of nitrogens with zero attached hydrogens (tertiary/aromatic N) is 1. The van der Waals surface area contributed by atoms with Crippen LogP contribution in [0.25, 0.3) is 0 Å². The minimum Gasteiger partial charge on any atom is -0.493 e. The number of hydrogen-bond acceptors (Lipinski definition) is 7. The van der Waals surface area contributed by atoms with Crippen LogP contribution in [0.4, 0.5) is 5.69 Å². The first-order valence-corrected chi connectivity index (χ1v) is 10.6. The van der Waals surface area contributed by atoms with Gasteiger partial charge in [0.2, 0.25) is 5.91 Å². The maximum atomic E-state index is 12.6. The molecule has 0 unspecified atom stereocenters. The second-order valence-electron chi connectivity index (χ2n) is 7.87. The Morgan fingerprint density at radius 3 is 2.41 bits per heavy atom. The standard InChI is InChI=1S/C24H27N3O7/c1-14-5-7-18(9-15(14)2)25-21(28)13-34-24(31)17-11-22(29)27(12-17)26-23(30)16-6-8-19(32-3)20(10-16)33-4/h5-10,17H,11-13H2,1-4H3,(H,25,28)(H,26,30)/t17-/m0/s1. The lowest BCUT2D eigenvalue weighted by Gasteiger charge is -2.18. The highest BCUT2D eigenvalue weighted by molar-refractivity contribution is 5.97. The van der Waals surface area contributed by atoms with E-state index in [0.717, 1.165) is 16.1 Å². The molecular weight excluding hydrogens is 442 g/mol. The quantitative estimate of drug-likeness (QED) is 0.567. The second kappa shape index (κ2) is 10.7. The lowest BCUT2D eigenvalue weighted by molar-refractivity contribution is -0.151. The van der Waals surface area contributed by atoms with Crippen LogP contribution in [0.3, 0.4) is 0 Å². The van der Waals surface area contributed by atoms with Gasteiger partial charge in [0, 0.05) is 17.7 Å². The maximum absolute atomic E-state index is 12.6. The summed E-state index contributed by atoms with van der Waals surface area (Å²) in [6.45, 7) is 3.35. The summed E-state index contributed by atoms with van der Waals surface area (Å²) in [6, 6.07) is 10.0. The number of benzene rings is 2. The average molecular weight is 469 g/mol. The van der Waals surface area contributed by atoms with Crippen LogP contribution in [0.15, 0.2) is 36.4 Å². The maximum Gasteiger partial charge on any atom is 0.311 e. The summed E-state index contributed by atoms with van der Waals surface area (Å²) in [5, 5.41) is 3.74. The molecular formula is C24H27N3O7. The number of hydrazine groups is 1. The molecule has 0 aliphatic carbocycles. The van der Waals surface area contributed by atoms with E-state index < -0.39 is 36.2 Å². The van der Waals surface area contributed by atoms with Crippen LogP contribution in [0.2, 0.25) is 0 Å². The molecule has 3 rings (SSSR count). The summed E-state index contributed by atoms with van der Waals surface area (Å²) < 4.78 is 15.4. The van der Waals surface area contributed by atoms with Gasteiger partial charge in [-0.3, -0.25) is 29.6 Å². The number of carbonyl (C=O) groups is 4.